The zero-order valence-corrected chi connectivity index (χ0v) is 16.0. The van der Waals surface area contributed by atoms with E-state index in [2.05, 4.69) is 21.6 Å². The molecule has 0 saturated carbocycles. The van der Waals surface area contributed by atoms with Gasteiger partial charge in [-0.3, -0.25) is 24.6 Å². The Labute approximate surface area is 164 Å². The van der Waals surface area contributed by atoms with Gasteiger partial charge in [-0.2, -0.15) is 0 Å². The third kappa shape index (κ3) is 3.02. The normalized spacial score (nSPS) is 26.9. The molecule has 3 saturated heterocycles. The Balaban J connectivity index is 1.25. The molecule has 1 aromatic rings. The van der Waals surface area contributed by atoms with Gasteiger partial charge >= 0.3 is 0 Å². The Kier molecular flexibility index (Phi) is 4.25. The largest absolute Gasteiger partial charge is 0.322 e. The number of rotatable bonds is 3. The second-order valence-electron chi connectivity index (χ2n) is 8.79. The second kappa shape index (κ2) is 6.67. The number of imide groups is 1. The van der Waals surface area contributed by atoms with E-state index in [0.29, 0.717) is 23.9 Å². The number of hydrogen-bond donors (Lipinski definition) is 2. The monoisotopic (exact) mass is 382 g/mol. The van der Waals surface area contributed by atoms with Gasteiger partial charge in [-0.25, -0.2) is 0 Å². The molecule has 28 heavy (non-hydrogen) atoms. The molecular weight excluding hydrogens is 356 g/mol. The van der Waals surface area contributed by atoms with Crippen LogP contribution in [0.2, 0.25) is 0 Å². The summed E-state index contributed by atoms with van der Waals surface area (Å²) in [6.07, 6.45) is 3.20. The maximum Gasteiger partial charge on any atom is 0.255 e. The number of benzene rings is 1. The van der Waals surface area contributed by atoms with Crippen LogP contribution >= 0.6 is 0 Å². The number of nitrogens with zero attached hydrogens (tertiary/aromatic N) is 2. The smallest absolute Gasteiger partial charge is 0.255 e. The van der Waals surface area contributed by atoms with Crippen molar-refractivity contribution in [3.63, 3.8) is 0 Å². The van der Waals surface area contributed by atoms with Crippen LogP contribution in [0.1, 0.15) is 47.2 Å². The van der Waals surface area contributed by atoms with Crippen LogP contribution in [-0.2, 0) is 22.7 Å². The van der Waals surface area contributed by atoms with E-state index in [0.717, 1.165) is 43.9 Å². The number of carbonyl (C=O) groups excluding carboxylic acids is 3. The minimum Gasteiger partial charge on any atom is -0.322 e. The summed E-state index contributed by atoms with van der Waals surface area (Å²) < 4.78 is 0. The predicted octanol–water partition coefficient (Wildman–Crippen LogP) is 0.633. The third-order valence-electron chi connectivity index (χ3n) is 6.78. The summed E-state index contributed by atoms with van der Waals surface area (Å²) in [6.45, 7) is 5.84. The second-order valence-corrected chi connectivity index (χ2v) is 8.79. The van der Waals surface area contributed by atoms with Crippen LogP contribution in [0.5, 0.6) is 0 Å². The fourth-order valence-electron chi connectivity index (χ4n) is 5.25. The van der Waals surface area contributed by atoms with E-state index in [1.54, 1.807) is 4.90 Å². The molecule has 0 aromatic heterocycles. The summed E-state index contributed by atoms with van der Waals surface area (Å²) in [6, 6.07) is 5.58. The lowest BCUT2D eigenvalue weighted by atomic mass is 9.72. The summed E-state index contributed by atoms with van der Waals surface area (Å²) in [4.78, 5) is 40.5. The van der Waals surface area contributed by atoms with Crippen LogP contribution in [0.3, 0.4) is 0 Å². The van der Waals surface area contributed by atoms with Crippen LogP contribution in [0, 0.1) is 5.41 Å². The van der Waals surface area contributed by atoms with Gasteiger partial charge in [0.25, 0.3) is 5.91 Å². The van der Waals surface area contributed by atoms with Gasteiger partial charge in [-0.05, 0) is 55.0 Å². The summed E-state index contributed by atoms with van der Waals surface area (Å²) >= 11 is 0. The Morgan fingerprint density at radius 1 is 1.11 bits per heavy atom. The van der Waals surface area contributed by atoms with Crippen molar-refractivity contribution in [3.05, 3.63) is 34.9 Å². The molecule has 1 unspecified atom stereocenters. The number of likely N-dealkylation sites (tertiary alicyclic amines) is 1. The van der Waals surface area contributed by atoms with E-state index in [-0.39, 0.29) is 24.1 Å². The molecule has 4 aliphatic rings. The topological polar surface area (TPSA) is 81.8 Å². The molecule has 0 bridgehead atoms. The third-order valence-corrected chi connectivity index (χ3v) is 6.78. The zero-order chi connectivity index (χ0) is 19.3. The highest BCUT2D eigenvalue weighted by molar-refractivity contribution is 6.05. The molecule has 7 nitrogen and oxygen atoms in total. The Morgan fingerprint density at radius 3 is 2.64 bits per heavy atom. The van der Waals surface area contributed by atoms with E-state index in [1.807, 2.05) is 12.1 Å². The first kappa shape index (κ1) is 17.8. The van der Waals surface area contributed by atoms with E-state index >= 15 is 0 Å². The van der Waals surface area contributed by atoms with Crippen LogP contribution in [0.4, 0.5) is 0 Å². The summed E-state index contributed by atoms with van der Waals surface area (Å²) in [5.41, 5.74) is 3.33. The van der Waals surface area contributed by atoms with Gasteiger partial charge in [0.1, 0.15) is 6.04 Å². The van der Waals surface area contributed by atoms with Crippen LogP contribution < -0.4 is 10.6 Å². The molecule has 4 heterocycles. The minimum absolute atomic E-state index is 0.0928. The van der Waals surface area contributed by atoms with Crippen molar-refractivity contribution in [3.8, 4) is 0 Å². The van der Waals surface area contributed by atoms with E-state index in [1.165, 1.54) is 12.8 Å². The predicted molar refractivity (Wildman–Crippen MR) is 102 cm³/mol. The zero-order valence-electron chi connectivity index (χ0n) is 16.0. The molecule has 1 atom stereocenters. The van der Waals surface area contributed by atoms with Gasteiger partial charge in [0.15, 0.2) is 0 Å². The Morgan fingerprint density at radius 2 is 1.89 bits per heavy atom. The molecule has 1 spiro atoms. The molecule has 4 aliphatic heterocycles. The number of hydrogen-bond acceptors (Lipinski definition) is 5. The highest BCUT2D eigenvalue weighted by atomic mass is 16.2. The van der Waals surface area contributed by atoms with E-state index in [4.69, 9.17) is 0 Å². The molecule has 5 rings (SSSR count). The van der Waals surface area contributed by atoms with E-state index in [9.17, 15) is 14.4 Å². The summed E-state index contributed by atoms with van der Waals surface area (Å²) in [7, 11) is 0. The molecule has 0 radical (unpaired) electrons. The molecule has 3 fully saturated rings. The summed E-state index contributed by atoms with van der Waals surface area (Å²) in [5.74, 6) is -0.705. The molecular formula is C21H26N4O3. The maximum absolute atomic E-state index is 12.9. The lowest BCUT2D eigenvalue weighted by molar-refractivity contribution is -0.136. The molecule has 148 valence electrons. The first-order chi connectivity index (χ1) is 13.5. The van der Waals surface area contributed by atoms with Crippen molar-refractivity contribution in [1.82, 2.24) is 20.4 Å². The van der Waals surface area contributed by atoms with Gasteiger partial charge in [0.2, 0.25) is 11.8 Å². The number of nitrogens with one attached hydrogen (secondary N) is 2. The van der Waals surface area contributed by atoms with Crippen molar-refractivity contribution in [2.24, 2.45) is 5.41 Å². The lowest BCUT2D eigenvalue weighted by Crippen LogP contribution is -2.59. The van der Waals surface area contributed by atoms with Crippen molar-refractivity contribution < 1.29 is 14.4 Å². The highest BCUT2D eigenvalue weighted by Crippen LogP contribution is 2.39. The van der Waals surface area contributed by atoms with Gasteiger partial charge < -0.3 is 10.2 Å². The van der Waals surface area contributed by atoms with Gasteiger partial charge in [-0.1, -0.05) is 12.1 Å². The maximum atomic E-state index is 12.9. The Bertz CT molecular complexity index is 838. The quantitative estimate of drug-likeness (QED) is 0.750. The van der Waals surface area contributed by atoms with Gasteiger partial charge in [0, 0.05) is 38.2 Å². The van der Waals surface area contributed by atoms with E-state index < -0.39 is 6.04 Å². The van der Waals surface area contributed by atoms with Crippen LogP contribution in [0.25, 0.3) is 0 Å². The van der Waals surface area contributed by atoms with Crippen molar-refractivity contribution in [2.75, 3.05) is 26.2 Å². The lowest BCUT2D eigenvalue weighted by Gasteiger charge is -2.52. The van der Waals surface area contributed by atoms with Gasteiger partial charge in [-0.15, -0.1) is 0 Å². The average Bonchev–Trinajstić information content (AvgIpc) is 2.98. The SMILES string of the molecule is O=C1CCC(N2Cc3ccc(CN4CC5(CCNCC5)C4)cc3C2=O)C(=O)N1. The van der Waals surface area contributed by atoms with Gasteiger partial charge in [0.05, 0.1) is 0 Å². The average molecular weight is 382 g/mol. The minimum atomic E-state index is -0.545. The van der Waals surface area contributed by atoms with Crippen LogP contribution in [0.15, 0.2) is 18.2 Å². The number of amides is 3. The van der Waals surface area contributed by atoms with Crippen molar-refractivity contribution in [1.29, 1.82) is 0 Å². The number of carbonyl (C=O) groups is 3. The highest BCUT2D eigenvalue weighted by Gasteiger charge is 2.43. The van der Waals surface area contributed by atoms with Crippen LogP contribution in [-0.4, -0.2) is 59.7 Å². The Hall–Kier alpha value is -2.25. The fraction of sp³-hybridized carbons (Fsp3) is 0.571. The molecule has 2 N–H and O–H groups in total. The number of fused-ring (bicyclic) bond motifs is 1. The fourth-order valence-corrected chi connectivity index (χ4v) is 5.25. The first-order valence-corrected chi connectivity index (χ1v) is 10.2. The first-order valence-electron chi connectivity index (χ1n) is 10.2. The standard InChI is InChI=1S/C21H26N4O3/c26-18-4-3-17(19(27)23-18)25-11-15-2-1-14(9-16(15)20(25)28)10-24-12-21(13-24)5-7-22-8-6-21/h1-2,9,17,22H,3-8,10-13H2,(H,23,26,27). The van der Waals surface area contributed by atoms with Crippen molar-refractivity contribution in [2.45, 2.75) is 44.8 Å². The molecule has 0 aliphatic carbocycles. The molecule has 3 amide bonds. The molecule has 1 aromatic carbocycles. The van der Waals surface area contributed by atoms with Crippen molar-refractivity contribution >= 4 is 17.7 Å². The molecule has 7 heteroatoms. The summed E-state index contributed by atoms with van der Waals surface area (Å²) in [5, 5.41) is 5.79. The number of piperidine rings is 2.